The maximum atomic E-state index is 12.0. The molecule has 24 heavy (non-hydrogen) atoms. The van der Waals surface area contributed by atoms with Crippen LogP contribution < -0.4 is 10.6 Å². The molecule has 0 unspecified atom stereocenters. The number of carboxylic acid groups (broad SMARTS) is 1. The predicted octanol–water partition coefficient (Wildman–Crippen LogP) is 1.89. The number of alkyl halides is 3. The van der Waals surface area contributed by atoms with Crippen LogP contribution in [0.4, 0.5) is 13.2 Å². The molecule has 1 aromatic carbocycles. The molecule has 0 spiro atoms. The van der Waals surface area contributed by atoms with E-state index < -0.39 is 12.1 Å². The van der Waals surface area contributed by atoms with Crippen LogP contribution in [0.15, 0.2) is 30.3 Å². The summed E-state index contributed by atoms with van der Waals surface area (Å²) >= 11 is 0. The molecule has 1 atom stereocenters. The van der Waals surface area contributed by atoms with Crippen molar-refractivity contribution in [1.29, 1.82) is 0 Å². The highest BCUT2D eigenvalue weighted by Crippen LogP contribution is 2.15. The lowest BCUT2D eigenvalue weighted by Crippen LogP contribution is -2.36. The van der Waals surface area contributed by atoms with E-state index in [1.165, 1.54) is 0 Å². The third kappa shape index (κ3) is 4.72. The molecule has 1 saturated heterocycles. The van der Waals surface area contributed by atoms with Crippen molar-refractivity contribution in [2.24, 2.45) is 0 Å². The van der Waals surface area contributed by atoms with Gasteiger partial charge in [-0.2, -0.15) is 13.2 Å². The lowest BCUT2D eigenvalue weighted by atomic mass is 10.2. The molecule has 1 amide bonds. The number of hydrogen-bond acceptors (Lipinski definition) is 3. The molecule has 0 bridgehead atoms. The van der Waals surface area contributed by atoms with Gasteiger partial charge in [-0.05, 0) is 25.1 Å². The zero-order chi connectivity index (χ0) is 17.7. The van der Waals surface area contributed by atoms with Gasteiger partial charge in [0.2, 0.25) is 0 Å². The van der Waals surface area contributed by atoms with Crippen LogP contribution in [0.1, 0.15) is 16.9 Å². The van der Waals surface area contributed by atoms with E-state index in [1.807, 2.05) is 30.3 Å². The van der Waals surface area contributed by atoms with E-state index >= 15 is 0 Å². The number of amides is 1. The molecule has 0 radical (unpaired) electrons. The zero-order valence-electron chi connectivity index (χ0n) is 12.5. The Labute approximate surface area is 135 Å². The number of rotatable bonds is 2. The van der Waals surface area contributed by atoms with E-state index in [9.17, 15) is 18.0 Å². The first-order chi connectivity index (χ1) is 11.3. The quantitative estimate of drug-likeness (QED) is 0.670. The largest absolute Gasteiger partial charge is 0.490 e. The minimum absolute atomic E-state index is 0.0186. The number of aromatic amines is 1. The van der Waals surface area contributed by atoms with Crippen molar-refractivity contribution in [3.8, 4) is 0 Å². The summed E-state index contributed by atoms with van der Waals surface area (Å²) in [6.45, 7) is 1.85. The lowest BCUT2D eigenvalue weighted by Gasteiger charge is -2.09. The molecule has 0 saturated carbocycles. The van der Waals surface area contributed by atoms with E-state index in [0.29, 0.717) is 5.69 Å². The van der Waals surface area contributed by atoms with Crippen molar-refractivity contribution in [1.82, 2.24) is 15.6 Å². The van der Waals surface area contributed by atoms with Crippen molar-refractivity contribution in [3.05, 3.63) is 36.0 Å². The van der Waals surface area contributed by atoms with Crippen LogP contribution in [0, 0.1) is 0 Å². The molecule has 1 aromatic heterocycles. The Balaban J connectivity index is 0.000000256. The van der Waals surface area contributed by atoms with Crippen molar-refractivity contribution in [2.45, 2.75) is 18.6 Å². The number of benzene rings is 1. The third-order valence-electron chi connectivity index (χ3n) is 3.41. The Hall–Kier alpha value is -2.55. The number of fused-ring (bicyclic) bond motifs is 1. The summed E-state index contributed by atoms with van der Waals surface area (Å²) in [6.07, 6.45) is -4.08. The van der Waals surface area contributed by atoms with E-state index in [4.69, 9.17) is 9.90 Å². The molecule has 2 heterocycles. The summed E-state index contributed by atoms with van der Waals surface area (Å²) in [6, 6.07) is 10.1. The van der Waals surface area contributed by atoms with Crippen molar-refractivity contribution >= 4 is 22.8 Å². The number of carbonyl (C=O) groups is 2. The van der Waals surface area contributed by atoms with Gasteiger partial charge in [0.1, 0.15) is 5.69 Å². The summed E-state index contributed by atoms with van der Waals surface area (Å²) in [5.74, 6) is -2.78. The normalized spacial score (nSPS) is 17.2. The fourth-order valence-electron chi connectivity index (χ4n) is 2.24. The first kappa shape index (κ1) is 17.8. The van der Waals surface area contributed by atoms with Gasteiger partial charge >= 0.3 is 12.1 Å². The average Bonchev–Trinajstić information content (AvgIpc) is 3.15. The van der Waals surface area contributed by atoms with Crippen molar-refractivity contribution in [3.63, 3.8) is 0 Å². The van der Waals surface area contributed by atoms with Gasteiger partial charge in [-0.15, -0.1) is 0 Å². The SMILES string of the molecule is O=C(N[C@@H]1CCNC1)c1cc2ccccc2[nH]1.O=C(O)C(F)(F)F. The van der Waals surface area contributed by atoms with Gasteiger partial charge in [-0.25, -0.2) is 4.79 Å². The number of hydrogen-bond donors (Lipinski definition) is 4. The molecule has 9 heteroatoms. The van der Waals surface area contributed by atoms with Gasteiger partial charge < -0.3 is 20.7 Å². The van der Waals surface area contributed by atoms with Crippen LogP contribution >= 0.6 is 0 Å². The first-order valence-electron chi connectivity index (χ1n) is 7.17. The maximum absolute atomic E-state index is 12.0. The molecule has 1 aliphatic rings. The van der Waals surface area contributed by atoms with Gasteiger partial charge in [0.15, 0.2) is 0 Å². The highest BCUT2D eigenvalue weighted by atomic mass is 19.4. The standard InChI is InChI=1S/C13H15N3O.C2HF3O2/c17-13(15-10-5-6-14-8-10)12-7-9-3-1-2-4-11(9)16-12;3-2(4,5)1(6)7/h1-4,7,10,14,16H,5-6,8H2,(H,15,17);(H,6,7)/t10-;/m1./s1. The predicted molar refractivity (Wildman–Crippen MR) is 80.7 cm³/mol. The number of aliphatic carboxylic acids is 1. The molecule has 3 rings (SSSR count). The molecule has 4 N–H and O–H groups in total. The van der Waals surface area contributed by atoms with Gasteiger partial charge in [0, 0.05) is 23.5 Å². The van der Waals surface area contributed by atoms with Crippen LogP contribution in [0.25, 0.3) is 10.9 Å². The highest BCUT2D eigenvalue weighted by molar-refractivity contribution is 5.98. The zero-order valence-corrected chi connectivity index (χ0v) is 12.5. The average molecular weight is 343 g/mol. The van der Waals surface area contributed by atoms with Crippen LogP contribution in [0.2, 0.25) is 0 Å². The molecule has 130 valence electrons. The van der Waals surface area contributed by atoms with Crippen LogP contribution in [0.3, 0.4) is 0 Å². The van der Waals surface area contributed by atoms with Crippen LogP contribution in [-0.4, -0.2) is 47.3 Å². The van der Waals surface area contributed by atoms with E-state index in [1.54, 1.807) is 0 Å². The number of H-pyrrole nitrogens is 1. The Morgan fingerprint density at radius 2 is 1.92 bits per heavy atom. The number of carboxylic acids is 1. The number of carbonyl (C=O) groups excluding carboxylic acids is 1. The van der Waals surface area contributed by atoms with Crippen molar-refractivity contribution in [2.75, 3.05) is 13.1 Å². The van der Waals surface area contributed by atoms with E-state index in [0.717, 1.165) is 30.4 Å². The van der Waals surface area contributed by atoms with Gasteiger partial charge in [-0.3, -0.25) is 4.79 Å². The third-order valence-corrected chi connectivity index (χ3v) is 3.41. The van der Waals surface area contributed by atoms with E-state index in [-0.39, 0.29) is 11.9 Å². The molecular weight excluding hydrogens is 327 g/mol. The number of aromatic nitrogens is 1. The van der Waals surface area contributed by atoms with E-state index in [2.05, 4.69) is 15.6 Å². The minimum Gasteiger partial charge on any atom is -0.475 e. The van der Waals surface area contributed by atoms with Gasteiger partial charge in [-0.1, -0.05) is 18.2 Å². The highest BCUT2D eigenvalue weighted by Gasteiger charge is 2.38. The summed E-state index contributed by atoms with van der Waals surface area (Å²) < 4.78 is 31.7. The Morgan fingerprint density at radius 3 is 2.46 bits per heavy atom. The Morgan fingerprint density at radius 1 is 1.25 bits per heavy atom. The molecule has 1 aliphatic heterocycles. The summed E-state index contributed by atoms with van der Waals surface area (Å²) in [7, 11) is 0. The number of para-hydroxylation sites is 1. The number of nitrogens with one attached hydrogen (secondary N) is 3. The monoisotopic (exact) mass is 343 g/mol. The Kier molecular flexibility index (Phi) is 5.45. The number of halogens is 3. The second-order valence-electron chi connectivity index (χ2n) is 5.24. The first-order valence-corrected chi connectivity index (χ1v) is 7.17. The van der Waals surface area contributed by atoms with Crippen molar-refractivity contribution < 1.29 is 27.9 Å². The molecular formula is C15H16F3N3O3. The van der Waals surface area contributed by atoms with Crippen LogP contribution in [-0.2, 0) is 4.79 Å². The van der Waals surface area contributed by atoms with Gasteiger partial charge in [0.05, 0.1) is 0 Å². The summed E-state index contributed by atoms with van der Waals surface area (Å²) in [5, 5.41) is 14.5. The fourth-order valence-corrected chi connectivity index (χ4v) is 2.24. The molecule has 6 nitrogen and oxygen atoms in total. The fraction of sp³-hybridized carbons (Fsp3) is 0.333. The van der Waals surface area contributed by atoms with Crippen LogP contribution in [0.5, 0.6) is 0 Å². The topological polar surface area (TPSA) is 94.2 Å². The Bertz CT molecular complexity index is 688. The molecule has 2 aromatic rings. The lowest BCUT2D eigenvalue weighted by molar-refractivity contribution is -0.192. The molecule has 0 aliphatic carbocycles. The second-order valence-corrected chi connectivity index (χ2v) is 5.24. The summed E-state index contributed by atoms with van der Waals surface area (Å²) in [5.41, 5.74) is 1.64. The minimum atomic E-state index is -5.08. The molecule has 1 fully saturated rings. The smallest absolute Gasteiger partial charge is 0.475 e. The second kappa shape index (κ2) is 7.35. The maximum Gasteiger partial charge on any atom is 0.490 e. The summed E-state index contributed by atoms with van der Waals surface area (Å²) in [4.78, 5) is 24.0. The van der Waals surface area contributed by atoms with Gasteiger partial charge in [0.25, 0.3) is 5.91 Å².